The molecule has 0 saturated heterocycles. The number of benzene rings is 3. The van der Waals surface area contributed by atoms with Gasteiger partial charge in [-0.3, -0.25) is 4.79 Å². The van der Waals surface area contributed by atoms with E-state index in [9.17, 15) is 4.79 Å². The number of carbonyl (C=O) groups is 1. The normalized spacial score (nSPS) is 10.6. The predicted octanol–water partition coefficient (Wildman–Crippen LogP) is 5.76. The van der Waals surface area contributed by atoms with Gasteiger partial charge in [-0.15, -0.1) is 11.6 Å². The molecule has 0 spiro atoms. The molecule has 1 heterocycles. The minimum Gasteiger partial charge on any atom is -0.488 e. The van der Waals surface area contributed by atoms with Gasteiger partial charge in [-0.25, -0.2) is 0 Å². The number of amides is 1. The summed E-state index contributed by atoms with van der Waals surface area (Å²) in [6, 6.07) is 26.9. The van der Waals surface area contributed by atoms with E-state index in [-0.39, 0.29) is 11.8 Å². The monoisotopic (exact) mass is 418 g/mol. The van der Waals surface area contributed by atoms with Gasteiger partial charge in [-0.2, -0.15) is 0 Å². The Balaban J connectivity index is 1.56. The maximum Gasteiger partial charge on any atom is 0.239 e. The number of aromatic nitrogens is 1. The summed E-state index contributed by atoms with van der Waals surface area (Å²) in [4.78, 5) is 11.5. The lowest BCUT2D eigenvalue weighted by atomic mass is 10.1. The smallest absolute Gasteiger partial charge is 0.239 e. The molecule has 6 heteroatoms. The fourth-order valence-electron chi connectivity index (χ4n) is 3.02. The van der Waals surface area contributed by atoms with Gasteiger partial charge >= 0.3 is 0 Å². The van der Waals surface area contributed by atoms with Crippen molar-refractivity contribution in [3.8, 4) is 28.3 Å². The highest BCUT2D eigenvalue weighted by Crippen LogP contribution is 2.33. The summed E-state index contributed by atoms with van der Waals surface area (Å²) in [6.07, 6.45) is 0. The molecule has 150 valence electrons. The first-order valence-electron chi connectivity index (χ1n) is 9.42. The number of para-hydroxylation sites is 1. The van der Waals surface area contributed by atoms with Gasteiger partial charge in [0, 0.05) is 22.9 Å². The number of nitrogens with one attached hydrogen (secondary N) is 1. The first-order valence-corrected chi connectivity index (χ1v) is 9.95. The molecule has 0 radical (unpaired) electrons. The summed E-state index contributed by atoms with van der Waals surface area (Å²) in [5, 5.41) is 6.95. The number of ether oxygens (including phenoxy) is 1. The van der Waals surface area contributed by atoms with Crippen molar-refractivity contribution < 1.29 is 14.1 Å². The standard InChI is InChI=1S/C24H19ClN2O3/c25-15-24(28)26-19-10-6-9-18(13-19)23-14-21(27-30-23)20-11-4-5-12-22(20)29-16-17-7-2-1-3-8-17/h1-14H,15-16H2,(H,26,28). The topological polar surface area (TPSA) is 64.4 Å². The summed E-state index contributed by atoms with van der Waals surface area (Å²) in [7, 11) is 0. The van der Waals surface area contributed by atoms with Gasteiger partial charge in [0.25, 0.3) is 0 Å². The third kappa shape index (κ3) is 4.70. The van der Waals surface area contributed by atoms with Crippen molar-refractivity contribution >= 4 is 23.2 Å². The minimum absolute atomic E-state index is 0.101. The lowest BCUT2D eigenvalue weighted by Gasteiger charge is -2.09. The highest BCUT2D eigenvalue weighted by Gasteiger charge is 2.13. The zero-order valence-electron chi connectivity index (χ0n) is 16.0. The van der Waals surface area contributed by atoms with E-state index >= 15 is 0 Å². The zero-order valence-corrected chi connectivity index (χ0v) is 16.8. The Morgan fingerprint density at radius 2 is 1.77 bits per heavy atom. The van der Waals surface area contributed by atoms with Crippen LogP contribution in [0.4, 0.5) is 5.69 Å². The molecule has 0 unspecified atom stereocenters. The van der Waals surface area contributed by atoms with Crippen LogP contribution in [0.2, 0.25) is 0 Å². The Hall–Kier alpha value is -3.57. The van der Waals surface area contributed by atoms with E-state index in [1.54, 1.807) is 6.07 Å². The third-order valence-electron chi connectivity index (χ3n) is 4.46. The number of halogens is 1. The molecule has 4 rings (SSSR count). The summed E-state index contributed by atoms with van der Waals surface area (Å²) < 4.78 is 11.6. The Kier molecular flexibility index (Phi) is 6.11. The first kappa shape index (κ1) is 19.7. The molecule has 1 aromatic heterocycles. The fraction of sp³-hybridized carbons (Fsp3) is 0.0833. The van der Waals surface area contributed by atoms with Crippen LogP contribution in [0, 0.1) is 0 Å². The molecule has 0 bridgehead atoms. The number of alkyl halides is 1. The second kappa shape index (κ2) is 9.29. The van der Waals surface area contributed by atoms with Gasteiger partial charge in [-0.1, -0.05) is 59.8 Å². The fourth-order valence-corrected chi connectivity index (χ4v) is 3.09. The van der Waals surface area contributed by atoms with Gasteiger partial charge in [0.2, 0.25) is 5.91 Å². The van der Waals surface area contributed by atoms with Gasteiger partial charge in [0.15, 0.2) is 5.76 Å². The maximum atomic E-state index is 11.5. The summed E-state index contributed by atoms with van der Waals surface area (Å²) in [6.45, 7) is 0.463. The van der Waals surface area contributed by atoms with E-state index in [0.29, 0.717) is 23.7 Å². The van der Waals surface area contributed by atoms with E-state index in [0.717, 1.165) is 22.4 Å². The minimum atomic E-state index is -0.267. The van der Waals surface area contributed by atoms with Crippen molar-refractivity contribution in [1.29, 1.82) is 0 Å². The van der Waals surface area contributed by atoms with Crippen molar-refractivity contribution in [1.82, 2.24) is 5.16 Å². The van der Waals surface area contributed by atoms with Crippen LogP contribution in [0.5, 0.6) is 5.75 Å². The second-order valence-electron chi connectivity index (χ2n) is 6.61. The van der Waals surface area contributed by atoms with Gasteiger partial charge in [-0.05, 0) is 29.8 Å². The van der Waals surface area contributed by atoms with Crippen LogP contribution in [0.3, 0.4) is 0 Å². The molecule has 1 amide bonds. The van der Waals surface area contributed by atoms with E-state index in [1.165, 1.54) is 0 Å². The Labute approximate surface area is 179 Å². The molecular formula is C24H19ClN2O3. The third-order valence-corrected chi connectivity index (χ3v) is 4.71. The number of hydrogen-bond donors (Lipinski definition) is 1. The number of anilines is 1. The number of nitrogens with zero attached hydrogens (tertiary/aromatic N) is 1. The van der Waals surface area contributed by atoms with E-state index in [2.05, 4.69) is 10.5 Å². The van der Waals surface area contributed by atoms with E-state index in [1.807, 2.05) is 78.9 Å². The molecule has 5 nitrogen and oxygen atoms in total. The van der Waals surface area contributed by atoms with Crippen molar-refractivity contribution in [2.45, 2.75) is 6.61 Å². The Morgan fingerprint density at radius 1 is 0.967 bits per heavy atom. The van der Waals surface area contributed by atoms with Crippen LogP contribution >= 0.6 is 11.6 Å². The largest absolute Gasteiger partial charge is 0.488 e. The van der Waals surface area contributed by atoms with Crippen molar-refractivity contribution in [3.63, 3.8) is 0 Å². The number of carbonyl (C=O) groups excluding carboxylic acids is 1. The SMILES string of the molecule is O=C(CCl)Nc1cccc(-c2cc(-c3ccccc3OCc3ccccc3)no2)c1. The van der Waals surface area contributed by atoms with Gasteiger partial charge in [0.1, 0.15) is 23.9 Å². The lowest BCUT2D eigenvalue weighted by molar-refractivity contribution is -0.113. The number of hydrogen-bond acceptors (Lipinski definition) is 4. The summed E-state index contributed by atoms with van der Waals surface area (Å²) in [5.74, 6) is 0.946. The molecule has 0 aliphatic heterocycles. The summed E-state index contributed by atoms with van der Waals surface area (Å²) in [5.41, 5.74) is 4.04. The molecule has 0 saturated carbocycles. The summed E-state index contributed by atoms with van der Waals surface area (Å²) >= 11 is 5.56. The van der Waals surface area contributed by atoms with Crippen LogP contribution < -0.4 is 10.1 Å². The van der Waals surface area contributed by atoms with Crippen LogP contribution in [0.1, 0.15) is 5.56 Å². The van der Waals surface area contributed by atoms with Crippen LogP contribution in [0.25, 0.3) is 22.6 Å². The van der Waals surface area contributed by atoms with Crippen molar-refractivity contribution in [2.24, 2.45) is 0 Å². The van der Waals surface area contributed by atoms with Crippen molar-refractivity contribution in [3.05, 3.63) is 90.5 Å². The molecule has 0 atom stereocenters. The van der Waals surface area contributed by atoms with Crippen molar-refractivity contribution in [2.75, 3.05) is 11.2 Å². The lowest BCUT2D eigenvalue weighted by Crippen LogP contribution is -2.12. The van der Waals surface area contributed by atoms with Crippen LogP contribution in [-0.2, 0) is 11.4 Å². The second-order valence-corrected chi connectivity index (χ2v) is 6.88. The van der Waals surface area contributed by atoms with Crippen LogP contribution in [-0.4, -0.2) is 16.9 Å². The van der Waals surface area contributed by atoms with Gasteiger partial charge in [0.05, 0.1) is 0 Å². The molecule has 0 aliphatic rings. The predicted molar refractivity (Wildman–Crippen MR) is 117 cm³/mol. The average molecular weight is 419 g/mol. The Morgan fingerprint density at radius 3 is 2.60 bits per heavy atom. The molecule has 0 aliphatic carbocycles. The number of rotatable bonds is 7. The molecule has 0 fully saturated rings. The Bertz CT molecular complexity index is 1140. The highest BCUT2D eigenvalue weighted by molar-refractivity contribution is 6.29. The maximum absolute atomic E-state index is 11.5. The average Bonchev–Trinajstić information content (AvgIpc) is 3.29. The highest BCUT2D eigenvalue weighted by atomic mass is 35.5. The molecule has 30 heavy (non-hydrogen) atoms. The first-order chi connectivity index (χ1) is 14.7. The molecule has 3 aromatic carbocycles. The van der Waals surface area contributed by atoms with Gasteiger partial charge < -0.3 is 14.6 Å². The van der Waals surface area contributed by atoms with Crippen LogP contribution in [0.15, 0.2) is 89.5 Å². The molecular weight excluding hydrogens is 400 g/mol. The van der Waals surface area contributed by atoms with E-state index in [4.69, 9.17) is 20.9 Å². The van der Waals surface area contributed by atoms with E-state index < -0.39 is 0 Å². The molecule has 4 aromatic rings. The molecule has 1 N–H and O–H groups in total. The zero-order chi connectivity index (χ0) is 20.8. The quantitative estimate of drug-likeness (QED) is 0.387.